The third-order valence-corrected chi connectivity index (χ3v) is 2.06. The first-order valence-electron chi connectivity index (χ1n) is 4.59. The molecule has 0 spiro atoms. The molecule has 2 aromatic heterocycles. The number of nitrogens with zero attached hydrogens (tertiary/aromatic N) is 5. The van der Waals surface area contributed by atoms with Gasteiger partial charge in [-0.1, -0.05) is 0 Å². The Labute approximate surface area is 87.6 Å². The van der Waals surface area contributed by atoms with Crippen molar-refractivity contribution in [2.45, 2.75) is 6.54 Å². The van der Waals surface area contributed by atoms with E-state index in [0.29, 0.717) is 12.1 Å². The molecular formula is C10H11N5. The van der Waals surface area contributed by atoms with E-state index in [1.807, 2.05) is 23.4 Å². The van der Waals surface area contributed by atoms with Gasteiger partial charge in [-0.25, -0.2) is 0 Å². The average Bonchev–Trinajstić information content (AvgIpc) is 2.60. The topological polar surface area (TPSA) is 57.2 Å². The molecule has 0 aromatic carbocycles. The van der Waals surface area contributed by atoms with Crippen molar-refractivity contribution in [1.29, 1.82) is 5.26 Å². The minimum Gasteiger partial charge on any atom is -0.302 e. The van der Waals surface area contributed by atoms with Crippen molar-refractivity contribution in [3.8, 4) is 6.07 Å². The summed E-state index contributed by atoms with van der Waals surface area (Å²) in [6, 6.07) is 5.64. The van der Waals surface area contributed by atoms with Crippen LogP contribution in [-0.4, -0.2) is 33.6 Å². The normalized spacial score (nSPS) is 10.8. The maximum Gasteiger partial charge on any atom is 0.160 e. The first-order chi connectivity index (χ1) is 7.20. The fourth-order valence-electron chi connectivity index (χ4n) is 1.40. The van der Waals surface area contributed by atoms with E-state index in [0.717, 1.165) is 11.5 Å². The molecule has 0 aliphatic rings. The van der Waals surface area contributed by atoms with Crippen molar-refractivity contribution in [2.75, 3.05) is 14.1 Å². The molecule has 0 saturated carbocycles. The van der Waals surface area contributed by atoms with Gasteiger partial charge in [-0.2, -0.15) is 5.26 Å². The third-order valence-electron chi connectivity index (χ3n) is 2.06. The Morgan fingerprint density at radius 3 is 2.87 bits per heavy atom. The lowest BCUT2D eigenvalue weighted by Gasteiger charge is -2.07. The first kappa shape index (κ1) is 9.62. The van der Waals surface area contributed by atoms with Crippen LogP contribution in [0.3, 0.4) is 0 Å². The van der Waals surface area contributed by atoms with Crippen LogP contribution in [0, 0.1) is 11.3 Å². The van der Waals surface area contributed by atoms with Crippen LogP contribution in [0.2, 0.25) is 0 Å². The summed E-state index contributed by atoms with van der Waals surface area (Å²) >= 11 is 0. The SMILES string of the molecule is CN(C)Cc1nnc2ccc(C#N)cn12. The van der Waals surface area contributed by atoms with Gasteiger partial charge in [0, 0.05) is 6.20 Å². The highest BCUT2D eigenvalue weighted by atomic mass is 15.3. The van der Waals surface area contributed by atoms with Gasteiger partial charge in [0.05, 0.1) is 12.1 Å². The van der Waals surface area contributed by atoms with E-state index in [2.05, 4.69) is 16.3 Å². The summed E-state index contributed by atoms with van der Waals surface area (Å²) in [5, 5.41) is 16.9. The number of hydrogen-bond acceptors (Lipinski definition) is 4. The highest BCUT2D eigenvalue weighted by molar-refractivity contribution is 5.42. The average molecular weight is 201 g/mol. The maximum absolute atomic E-state index is 8.79. The smallest absolute Gasteiger partial charge is 0.160 e. The highest BCUT2D eigenvalue weighted by Crippen LogP contribution is 2.07. The minimum absolute atomic E-state index is 0.613. The third kappa shape index (κ3) is 1.80. The van der Waals surface area contributed by atoms with Crippen LogP contribution in [0.1, 0.15) is 11.4 Å². The lowest BCUT2D eigenvalue weighted by Crippen LogP contribution is -2.13. The molecule has 2 heterocycles. The van der Waals surface area contributed by atoms with E-state index in [-0.39, 0.29) is 0 Å². The number of aromatic nitrogens is 3. The van der Waals surface area contributed by atoms with E-state index >= 15 is 0 Å². The quantitative estimate of drug-likeness (QED) is 0.716. The molecule has 0 bridgehead atoms. The Balaban J connectivity index is 2.52. The van der Waals surface area contributed by atoms with Crippen molar-refractivity contribution >= 4 is 5.65 Å². The van der Waals surface area contributed by atoms with Crippen molar-refractivity contribution in [1.82, 2.24) is 19.5 Å². The zero-order valence-electron chi connectivity index (χ0n) is 8.68. The van der Waals surface area contributed by atoms with Crippen LogP contribution in [0.15, 0.2) is 18.3 Å². The van der Waals surface area contributed by atoms with Gasteiger partial charge in [-0.15, -0.1) is 10.2 Å². The number of rotatable bonds is 2. The zero-order chi connectivity index (χ0) is 10.8. The van der Waals surface area contributed by atoms with Gasteiger partial charge in [0.15, 0.2) is 11.5 Å². The van der Waals surface area contributed by atoms with Crippen LogP contribution in [0.25, 0.3) is 5.65 Å². The zero-order valence-corrected chi connectivity index (χ0v) is 8.68. The largest absolute Gasteiger partial charge is 0.302 e. The predicted molar refractivity (Wildman–Crippen MR) is 55.1 cm³/mol. The fourth-order valence-corrected chi connectivity index (χ4v) is 1.40. The molecule has 0 N–H and O–H groups in total. The van der Waals surface area contributed by atoms with Crippen molar-refractivity contribution in [3.05, 3.63) is 29.7 Å². The molecule has 0 aliphatic carbocycles. The van der Waals surface area contributed by atoms with Crippen LogP contribution >= 0.6 is 0 Å². The van der Waals surface area contributed by atoms with Crippen molar-refractivity contribution < 1.29 is 0 Å². The molecule has 76 valence electrons. The predicted octanol–water partition coefficient (Wildman–Crippen LogP) is 0.663. The lowest BCUT2D eigenvalue weighted by molar-refractivity contribution is 0.388. The molecule has 15 heavy (non-hydrogen) atoms. The maximum atomic E-state index is 8.79. The number of hydrogen-bond donors (Lipinski definition) is 0. The molecular weight excluding hydrogens is 190 g/mol. The molecule has 0 aliphatic heterocycles. The second-order valence-electron chi connectivity index (χ2n) is 3.61. The summed E-state index contributed by atoms with van der Waals surface area (Å²) in [7, 11) is 3.93. The second kappa shape index (κ2) is 3.67. The van der Waals surface area contributed by atoms with Gasteiger partial charge >= 0.3 is 0 Å². The molecule has 0 fully saturated rings. The van der Waals surface area contributed by atoms with Crippen molar-refractivity contribution in [2.24, 2.45) is 0 Å². The summed E-state index contributed by atoms with van der Waals surface area (Å²) in [5.41, 5.74) is 1.38. The van der Waals surface area contributed by atoms with Crippen LogP contribution in [0.5, 0.6) is 0 Å². The van der Waals surface area contributed by atoms with Gasteiger partial charge < -0.3 is 4.90 Å². The minimum atomic E-state index is 0.613. The first-order valence-corrected chi connectivity index (χ1v) is 4.59. The number of nitriles is 1. The molecule has 0 atom stereocenters. The van der Waals surface area contributed by atoms with Crippen molar-refractivity contribution in [3.63, 3.8) is 0 Å². The van der Waals surface area contributed by atoms with Crippen LogP contribution < -0.4 is 0 Å². The lowest BCUT2D eigenvalue weighted by atomic mass is 10.3. The number of fused-ring (bicyclic) bond motifs is 1. The molecule has 0 saturated heterocycles. The van der Waals surface area contributed by atoms with E-state index in [1.165, 1.54) is 0 Å². The van der Waals surface area contributed by atoms with Gasteiger partial charge in [0.25, 0.3) is 0 Å². The standard InChI is InChI=1S/C10H11N5/c1-14(2)7-10-13-12-9-4-3-8(5-11)6-15(9)10/h3-4,6H,7H2,1-2H3. The van der Waals surface area contributed by atoms with E-state index < -0.39 is 0 Å². The van der Waals surface area contributed by atoms with Gasteiger partial charge in [0.1, 0.15) is 6.07 Å². The van der Waals surface area contributed by atoms with Gasteiger partial charge in [-0.3, -0.25) is 4.40 Å². The molecule has 5 nitrogen and oxygen atoms in total. The summed E-state index contributed by atoms with van der Waals surface area (Å²) in [5.74, 6) is 0.840. The molecule has 0 unspecified atom stereocenters. The Morgan fingerprint density at radius 1 is 1.40 bits per heavy atom. The monoisotopic (exact) mass is 201 g/mol. The Kier molecular flexibility index (Phi) is 2.35. The van der Waals surface area contributed by atoms with Gasteiger partial charge in [-0.05, 0) is 26.2 Å². The van der Waals surface area contributed by atoms with E-state index in [9.17, 15) is 0 Å². The Hall–Kier alpha value is -1.93. The fraction of sp³-hybridized carbons (Fsp3) is 0.300. The van der Waals surface area contributed by atoms with Crippen LogP contribution in [-0.2, 0) is 6.54 Å². The molecule has 5 heteroatoms. The summed E-state index contributed by atoms with van der Waals surface area (Å²) in [6.45, 7) is 0.704. The summed E-state index contributed by atoms with van der Waals surface area (Å²) in [4.78, 5) is 2.01. The highest BCUT2D eigenvalue weighted by Gasteiger charge is 2.06. The van der Waals surface area contributed by atoms with Crippen LogP contribution in [0.4, 0.5) is 0 Å². The molecule has 2 rings (SSSR count). The van der Waals surface area contributed by atoms with Gasteiger partial charge in [0.2, 0.25) is 0 Å². The number of pyridine rings is 1. The molecule has 0 radical (unpaired) electrons. The second-order valence-corrected chi connectivity index (χ2v) is 3.61. The molecule has 0 amide bonds. The Morgan fingerprint density at radius 2 is 2.20 bits per heavy atom. The summed E-state index contributed by atoms with van der Waals surface area (Å²) < 4.78 is 1.85. The summed E-state index contributed by atoms with van der Waals surface area (Å²) in [6.07, 6.45) is 1.76. The molecule has 2 aromatic rings. The van der Waals surface area contributed by atoms with E-state index in [4.69, 9.17) is 5.26 Å². The Bertz CT molecular complexity index is 520. The van der Waals surface area contributed by atoms with E-state index in [1.54, 1.807) is 18.3 Å².